The second kappa shape index (κ2) is 7.82. The molecule has 1 aromatic carbocycles. The van der Waals surface area contributed by atoms with Gasteiger partial charge in [0.2, 0.25) is 15.8 Å². The molecule has 0 aliphatic rings. The lowest BCUT2D eigenvalue weighted by Crippen LogP contribution is -2.44. The summed E-state index contributed by atoms with van der Waals surface area (Å²) < 4.78 is 32.4. The van der Waals surface area contributed by atoms with Gasteiger partial charge < -0.3 is 9.63 Å². The quantitative estimate of drug-likeness (QED) is 0.601. The van der Waals surface area contributed by atoms with Crippen LogP contribution in [0.4, 0.5) is 0 Å². The van der Waals surface area contributed by atoms with Crippen LogP contribution in [0.2, 0.25) is 0 Å². The summed E-state index contributed by atoms with van der Waals surface area (Å²) in [4.78, 5) is 17.5. The van der Waals surface area contributed by atoms with Gasteiger partial charge in [0.25, 0.3) is 5.89 Å². The van der Waals surface area contributed by atoms with Crippen LogP contribution in [0.3, 0.4) is 0 Å². The number of benzene rings is 1. The average molecular weight is 422 g/mol. The van der Waals surface area contributed by atoms with Crippen molar-refractivity contribution in [1.82, 2.24) is 14.9 Å². The second-order valence-corrected chi connectivity index (χ2v) is 9.54. The number of aromatic nitrogens is 2. The molecule has 0 aliphatic carbocycles. The first-order chi connectivity index (χ1) is 13.2. The summed E-state index contributed by atoms with van der Waals surface area (Å²) >= 11 is 1.53. The monoisotopic (exact) mass is 421 g/mol. The largest absolute Gasteiger partial charge is 0.480 e. The number of sulfonamides is 1. The number of nitrogens with one attached hydrogen (secondary N) is 1. The van der Waals surface area contributed by atoms with E-state index in [1.165, 1.54) is 23.5 Å². The first kappa shape index (κ1) is 20.2. The number of thiophene rings is 1. The molecule has 0 amide bonds. The number of hydrogen-bond acceptors (Lipinski definition) is 7. The fourth-order valence-electron chi connectivity index (χ4n) is 2.48. The van der Waals surface area contributed by atoms with E-state index >= 15 is 0 Å². The lowest BCUT2D eigenvalue weighted by molar-refractivity contribution is -0.140. The number of hydrogen-bond donors (Lipinski definition) is 2. The maximum Gasteiger partial charge on any atom is 0.322 e. The van der Waals surface area contributed by atoms with E-state index in [-0.39, 0.29) is 4.90 Å². The van der Waals surface area contributed by atoms with E-state index in [9.17, 15) is 18.3 Å². The van der Waals surface area contributed by atoms with Gasteiger partial charge in [-0.15, -0.1) is 11.3 Å². The third kappa shape index (κ3) is 4.29. The van der Waals surface area contributed by atoms with Gasteiger partial charge in [0, 0.05) is 10.4 Å². The third-order valence-corrected chi connectivity index (χ3v) is 6.46. The van der Waals surface area contributed by atoms with Gasteiger partial charge in [-0.2, -0.15) is 9.71 Å². The predicted molar refractivity (Wildman–Crippen MR) is 104 cm³/mol. The summed E-state index contributed by atoms with van der Waals surface area (Å²) in [5.74, 6) is -0.889. The van der Waals surface area contributed by atoms with Crippen LogP contribution in [0.15, 0.2) is 45.8 Å². The molecule has 0 fully saturated rings. The van der Waals surface area contributed by atoms with Gasteiger partial charge in [0.05, 0.1) is 9.77 Å². The third-order valence-electron chi connectivity index (χ3n) is 4.01. The molecule has 0 saturated heterocycles. The molecule has 2 heterocycles. The van der Waals surface area contributed by atoms with E-state index in [2.05, 4.69) is 14.9 Å². The van der Waals surface area contributed by atoms with Crippen LogP contribution in [0.25, 0.3) is 22.2 Å². The SMILES string of the molecule is Cc1ccc(-c2nc(-c3ccc(S(=O)(=O)NC(C(=O)O)C(C)C)cc3)no2)s1. The van der Waals surface area contributed by atoms with Gasteiger partial charge >= 0.3 is 5.97 Å². The van der Waals surface area contributed by atoms with Crippen molar-refractivity contribution in [3.8, 4) is 22.2 Å². The highest BCUT2D eigenvalue weighted by Gasteiger charge is 2.28. The summed E-state index contributed by atoms with van der Waals surface area (Å²) in [6, 6.07) is 8.50. The number of rotatable bonds is 7. The van der Waals surface area contributed by atoms with E-state index in [1.807, 2.05) is 19.1 Å². The van der Waals surface area contributed by atoms with Crippen LogP contribution in [0.1, 0.15) is 18.7 Å². The van der Waals surface area contributed by atoms with Crippen LogP contribution < -0.4 is 4.72 Å². The van der Waals surface area contributed by atoms with E-state index in [1.54, 1.807) is 26.0 Å². The minimum Gasteiger partial charge on any atom is -0.480 e. The van der Waals surface area contributed by atoms with Gasteiger partial charge in [-0.05, 0) is 49.2 Å². The molecule has 2 N–H and O–H groups in total. The van der Waals surface area contributed by atoms with Gasteiger partial charge in [0.15, 0.2) is 0 Å². The van der Waals surface area contributed by atoms with Crippen LogP contribution in [-0.4, -0.2) is 35.7 Å². The summed E-state index contributed by atoms with van der Waals surface area (Å²) in [6.45, 7) is 5.24. The molecule has 10 heteroatoms. The maximum absolute atomic E-state index is 12.5. The zero-order valence-corrected chi connectivity index (χ0v) is 17.0. The molecule has 0 spiro atoms. The van der Waals surface area contributed by atoms with Crippen molar-refractivity contribution < 1.29 is 22.8 Å². The minimum absolute atomic E-state index is 0.0410. The van der Waals surface area contributed by atoms with Crippen LogP contribution >= 0.6 is 11.3 Å². The Labute approximate surface area is 166 Å². The maximum atomic E-state index is 12.5. The molecule has 1 atom stereocenters. The molecule has 28 heavy (non-hydrogen) atoms. The smallest absolute Gasteiger partial charge is 0.322 e. The molecule has 148 valence electrons. The van der Waals surface area contributed by atoms with Crippen molar-refractivity contribution in [2.75, 3.05) is 0 Å². The molecular weight excluding hydrogens is 402 g/mol. The van der Waals surface area contributed by atoms with Crippen LogP contribution in [0, 0.1) is 12.8 Å². The zero-order chi connectivity index (χ0) is 20.5. The summed E-state index contributed by atoms with van der Waals surface area (Å²) in [5, 5.41) is 13.1. The Morgan fingerprint density at radius 1 is 1.18 bits per heavy atom. The molecule has 3 rings (SSSR count). The van der Waals surface area contributed by atoms with Crippen molar-refractivity contribution in [3.05, 3.63) is 41.3 Å². The highest BCUT2D eigenvalue weighted by Crippen LogP contribution is 2.28. The lowest BCUT2D eigenvalue weighted by atomic mass is 10.1. The Morgan fingerprint density at radius 3 is 2.39 bits per heavy atom. The molecule has 0 saturated carbocycles. The first-order valence-corrected chi connectivity index (χ1v) is 10.7. The molecular formula is C18H19N3O5S2. The fraction of sp³-hybridized carbons (Fsp3) is 0.278. The second-order valence-electron chi connectivity index (χ2n) is 6.54. The summed E-state index contributed by atoms with van der Waals surface area (Å²) in [5.41, 5.74) is 0.584. The lowest BCUT2D eigenvalue weighted by Gasteiger charge is -2.18. The molecule has 1 unspecified atom stereocenters. The highest BCUT2D eigenvalue weighted by molar-refractivity contribution is 7.89. The number of carboxylic acids is 1. The van der Waals surface area contributed by atoms with Crippen molar-refractivity contribution in [1.29, 1.82) is 0 Å². The molecule has 0 aliphatic heterocycles. The zero-order valence-electron chi connectivity index (χ0n) is 15.4. The van der Waals surface area contributed by atoms with Crippen molar-refractivity contribution in [2.24, 2.45) is 5.92 Å². The Morgan fingerprint density at radius 2 is 1.86 bits per heavy atom. The Kier molecular flexibility index (Phi) is 5.64. The van der Waals surface area contributed by atoms with Crippen molar-refractivity contribution in [3.63, 3.8) is 0 Å². The molecule has 0 radical (unpaired) electrons. The van der Waals surface area contributed by atoms with E-state index in [0.717, 1.165) is 9.75 Å². The standard InChI is InChI=1S/C18H19N3O5S2/c1-10(2)15(18(22)23)21-28(24,25)13-7-5-12(6-8-13)16-19-17(26-20-16)14-9-4-11(3)27-14/h4-10,15,21H,1-3H3,(H,22,23). The first-order valence-electron chi connectivity index (χ1n) is 8.43. The van der Waals surface area contributed by atoms with Crippen molar-refractivity contribution >= 4 is 27.3 Å². The summed E-state index contributed by atoms with van der Waals surface area (Å²) in [7, 11) is -3.98. The molecule has 0 bridgehead atoms. The Hall–Kier alpha value is -2.56. The Balaban J connectivity index is 1.81. The van der Waals surface area contributed by atoms with Crippen LogP contribution in [-0.2, 0) is 14.8 Å². The minimum atomic E-state index is -3.98. The number of carboxylic acid groups (broad SMARTS) is 1. The van der Waals surface area contributed by atoms with Gasteiger partial charge in [-0.25, -0.2) is 8.42 Å². The van der Waals surface area contributed by atoms with E-state index in [4.69, 9.17) is 4.52 Å². The number of aryl methyl sites for hydroxylation is 1. The topological polar surface area (TPSA) is 122 Å². The van der Waals surface area contributed by atoms with E-state index in [0.29, 0.717) is 17.3 Å². The van der Waals surface area contributed by atoms with Gasteiger partial charge in [-0.1, -0.05) is 19.0 Å². The fourth-order valence-corrected chi connectivity index (χ4v) is 4.61. The van der Waals surface area contributed by atoms with Gasteiger partial charge in [-0.3, -0.25) is 4.79 Å². The number of carbonyl (C=O) groups is 1. The highest BCUT2D eigenvalue weighted by atomic mass is 32.2. The molecule has 8 nitrogen and oxygen atoms in total. The number of nitrogens with zero attached hydrogens (tertiary/aromatic N) is 2. The summed E-state index contributed by atoms with van der Waals surface area (Å²) in [6.07, 6.45) is 0. The predicted octanol–water partition coefficient (Wildman–Crippen LogP) is 3.16. The van der Waals surface area contributed by atoms with E-state index < -0.39 is 28.0 Å². The molecule has 2 aromatic heterocycles. The average Bonchev–Trinajstić information content (AvgIpc) is 3.28. The Bertz CT molecular complexity index is 1080. The normalized spacial score (nSPS) is 13.0. The van der Waals surface area contributed by atoms with Crippen LogP contribution in [0.5, 0.6) is 0 Å². The molecule has 3 aromatic rings. The van der Waals surface area contributed by atoms with Crippen molar-refractivity contribution in [2.45, 2.75) is 31.7 Å². The van der Waals surface area contributed by atoms with Gasteiger partial charge in [0.1, 0.15) is 6.04 Å². The number of aliphatic carboxylic acids is 1.